The van der Waals surface area contributed by atoms with Gasteiger partial charge in [-0.2, -0.15) is 0 Å². The number of amides is 1. The number of phenols is 1. The zero-order valence-corrected chi connectivity index (χ0v) is 32.8. The van der Waals surface area contributed by atoms with E-state index in [1.807, 2.05) is 45.0 Å². The Morgan fingerprint density at radius 1 is 1.04 bits per heavy atom. The Morgan fingerprint density at radius 3 is 2.51 bits per heavy atom. The molecule has 6 atom stereocenters. The fourth-order valence-corrected chi connectivity index (χ4v) is 8.97. The summed E-state index contributed by atoms with van der Waals surface area (Å²) in [6.07, 6.45) is 8.36. The zero-order chi connectivity index (χ0) is 39.2. The number of hydrogen-bond donors (Lipinski definition) is 3. The minimum absolute atomic E-state index is 0.0489. The van der Waals surface area contributed by atoms with Crippen LogP contribution >= 0.6 is 0 Å². The highest BCUT2D eigenvalue weighted by atomic mass is 16.7. The third-order valence-electron chi connectivity index (χ3n) is 11.2. The molecule has 6 unspecified atom stereocenters. The molecule has 6 rings (SSSR count). The number of oxime groups is 1. The number of rotatable bonds is 16. The molecule has 0 saturated heterocycles. The second-order valence-electron chi connectivity index (χ2n) is 16.0. The van der Waals surface area contributed by atoms with Gasteiger partial charge in [-0.05, 0) is 105 Å². The van der Waals surface area contributed by atoms with Crippen LogP contribution in [0.2, 0.25) is 0 Å². The van der Waals surface area contributed by atoms with Crippen molar-refractivity contribution in [3.63, 3.8) is 0 Å². The maximum absolute atomic E-state index is 14.5. The van der Waals surface area contributed by atoms with Crippen molar-refractivity contribution < 1.29 is 39.2 Å². The first-order valence-electron chi connectivity index (χ1n) is 19.9. The molecule has 1 amide bonds. The summed E-state index contributed by atoms with van der Waals surface area (Å²) in [7, 11) is 0. The molecule has 1 heterocycles. The number of carbonyl (C=O) groups excluding carboxylic acids is 1. The summed E-state index contributed by atoms with van der Waals surface area (Å²) >= 11 is 0. The Hall–Kier alpha value is -4.38. The van der Waals surface area contributed by atoms with Gasteiger partial charge >= 0.3 is 6.09 Å². The van der Waals surface area contributed by atoms with Gasteiger partial charge in [0.15, 0.2) is 0 Å². The Morgan fingerprint density at radius 2 is 1.78 bits per heavy atom. The van der Waals surface area contributed by atoms with Crippen molar-refractivity contribution in [2.45, 2.75) is 103 Å². The van der Waals surface area contributed by atoms with Crippen LogP contribution in [0.3, 0.4) is 0 Å². The van der Waals surface area contributed by atoms with Crippen LogP contribution in [0.4, 0.5) is 4.79 Å². The molecule has 0 spiro atoms. The maximum atomic E-state index is 14.5. The average molecular weight is 755 g/mol. The van der Waals surface area contributed by atoms with Crippen molar-refractivity contribution in [1.82, 2.24) is 4.90 Å². The van der Waals surface area contributed by atoms with Crippen LogP contribution in [0.15, 0.2) is 90.1 Å². The van der Waals surface area contributed by atoms with Crippen molar-refractivity contribution in [2.24, 2.45) is 22.9 Å². The normalized spacial score (nSPS) is 25.0. The topological polar surface area (TPSA) is 130 Å². The van der Waals surface area contributed by atoms with E-state index >= 15 is 0 Å². The van der Waals surface area contributed by atoms with Crippen LogP contribution in [0.1, 0.15) is 89.7 Å². The number of benzene rings is 3. The number of ether oxygens (including phenoxy) is 3. The van der Waals surface area contributed by atoms with E-state index in [-0.39, 0.29) is 62.9 Å². The quantitative estimate of drug-likeness (QED) is 0.0753. The Bertz CT molecular complexity index is 1860. The van der Waals surface area contributed by atoms with Gasteiger partial charge in [0, 0.05) is 31.1 Å². The first-order chi connectivity index (χ1) is 26.5. The lowest BCUT2D eigenvalue weighted by Crippen LogP contribution is -2.70. The number of aliphatic hydroxyl groups is 2. The molecule has 10 nitrogen and oxygen atoms in total. The standard InChI is InChI=1S/C45H58N2O8/c1-6-25-53-45-40(47(43(51)52-7-2)29-32-18-14-17-30-15-8-9-19-34(30)32)28-38(46-55-44(3,4)5)36-26-31(16-10-12-23-48)35(20-11-13-24-49)41(42(36)45)37-27-33(50)21-22-39(37)54-45/h6,8-9,14-15,17-19,21-22,26-27,31,35,40-42,48-50H,1,7,10-13,16,20,23-25,28-29H2,2-5H3. The third-order valence-corrected chi connectivity index (χ3v) is 11.2. The van der Waals surface area contributed by atoms with Crippen molar-refractivity contribution in [3.05, 3.63) is 96.1 Å². The van der Waals surface area contributed by atoms with Crippen LogP contribution in [0.25, 0.3) is 10.8 Å². The first kappa shape index (κ1) is 40.3. The number of carbonyl (C=O) groups is 1. The second kappa shape index (κ2) is 17.6. The Balaban J connectivity index is 1.62. The Labute approximate surface area is 325 Å². The van der Waals surface area contributed by atoms with E-state index in [4.69, 9.17) is 24.2 Å². The molecule has 10 heteroatoms. The lowest BCUT2D eigenvalue weighted by Gasteiger charge is -2.60. The largest absolute Gasteiger partial charge is 0.508 e. The molecule has 2 aliphatic carbocycles. The summed E-state index contributed by atoms with van der Waals surface area (Å²) in [6.45, 7) is 12.4. The van der Waals surface area contributed by atoms with Crippen LogP contribution in [0.5, 0.6) is 11.5 Å². The highest BCUT2D eigenvalue weighted by Gasteiger charge is 2.65. The monoisotopic (exact) mass is 754 g/mol. The van der Waals surface area contributed by atoms with Gasteiger partial charge in [0.25, 0.3) is 0 Å². The van der Waals surface area contributed by atoms with Gasteiger partial charge < -0.3 is 34.4 Å². The highest BCUT2D eigenvalue weighted by molar-refractivity contribution is 6.03. The SMILES string of the molecule is C=CCOC12Oc3ccc(O)cc3C3C(CCCCO)C(CCCCO)C=C(C(=NOC(C)(C)C)CC1N(Cc1cccc4ccccc14)C(=O)OCC)C32. The van der Waals surface area contributed by atoms with Gasteiger partial charge in [0.1, 0.15) is 23.1 Å². The molecule has 0 aromatic heterocycles. The summed E-state index contributed by atoms with van der Waals surface area (Å²) in [4.78, 5) is 22.4. The number of allylic oxidation sites excluding steroid dienone is 1. The van der Waals surface area contributed by atoms with E-state index in [9.17, 15) is 20.1 Å². The third kappa shape index (κ3) is 8.56. The fraction of sp³-hybridized carbons (Fsp3) is 0.511. The first-order valence-corrected chi connectivity index (χ1v) is 19.9. The summed E-state index contributed by atoms with van der Waals surface area (Å²) in [6, 6.07) is 18.7. The summed E-state index contributed by atoms with van der Waals surface area (Å²) in [5, 5.41) is 37.6. The zero-order valence-electron chi connectivity index (χ0n) is 32.8. The number of hydrogen-bond acceptors (Lipinski definition) is 9. The predicted molar refractivity (Wildman–Crippen MR) is 214 cm³/mol. The second-order valence-corrected chi connectivity index (χ2v) is 16.0. The van der Waals surface area contributed by atoms with Crippen molar-refractivity contribution in [1.29, 1.82) is 0 Å². The minimum Gasteiger partial charge on any atom is -0.508 e. The van der Waals surface area contributed by atoms with E-state index in [0.29, 0.717) is 24.3 Å². The number of aliphatic hydroxyl groups excluding tert-OH is 2. The molecule has 1 fully saturated rings. The molecular weight excluding hydrogens is 697 g/mol. The van der Waals surface area contributed by atoms with Crippen molar-refractivity contribution in [2.75, 3.05) is 26.4 Å². The average Bonchev–Trinajstić information content (AvgIpc) is 3.16. The summed E-state index contributed by atoms with van der Waals surface area (Å²) in [5.74, 6) is -1.31. The molecule has 3 aromatic rings. The fourth-order valence-electron chi connectivity index (χ4n) is 8.97. The number of aromatic hydroxyl groups is 1. The van der Waals surface area contributed by atoms with E-state index < -0.39 is 29.4 Å². The molecule has 3 aromatic carbocycles. The van der Waals surface area contributed by atoms with Gasteiger partial charge in [-0.15, -0.1) is 6.58 Å². The predicted octanol–water partition coefficient (Wildman–Crippen LogP) is 8.64. The molecule has 0 bridgehead atoms. The molecule has 296 valence electrons. The van der Waals surface area contributed by atoms with E-state index in [0.717, 1.165) is 53.2 Å². The molecule has 1 aliphatic heterocycles. The molecule has 0 radical (unpaired) electrons. The number of phenolic OH excluding ortho intramolecular Hbond substituents is 1. The lowest BCUT2D eigenvalue weighted by atomic mass is 9.55. The summed E-state index contributed by atoms with van der Waals surface area (Å²) < 4.78 is 20.1. The van der Waals surface area contributed by atoms with Crippen LogP contribution in [0, 0.1) is 17.8 Å². The molecule has 3 aliphatic rings. The van der Waals surface area contributed by atoms with Gasteiger partial charge in [-0.3, -0.25) is 4.90 Å². The summed E-state index contributed by atoms with van der Waals surface area (Å²) in [5.41, 5.74) is 2.85. The van der Waals surface area contributed by atoms with Crippen LogP contribution < -0.4 is 4.74 Å². The van der Waals surface area contributed by atoms with E-state index in [1.54, 1.807) is 36.1 Å². The van der Waals surface area contributed by atoms with Crippen LogP contribution in [-0.2, 0) is 20.9 Å². The maximum Gasteiger partial charge on any atom is 0.410 e. The van der Waals surface area contributed by atoms with E-state index in [2.05, 4.69) is 30.9 Å². The number of fused-ring (bicyclic) bond motifs is 3. The van der Waals surface area contributed by atoms with Crippen molar-refractivity contribution >= 4 is 22.6 Å². The molecule has 3 N–H and O–H groups in total. The lowest BCUT2D eigenvalue weighted by molar-refractivity contribution is -0.256. The van der Waals surface area contributed by atoms with E-state index in [1.165, 1.54) is 0 Å². The smallest absolute Gasteiger partial charge is 0.410 e. The molecular formula is C45H58N2O8. The minimum atomic E-state index is -1.43. The number of nitrogens with zero attached hydrogens (tertiary/aromatic N) is 2. The number of unbranched alkanes of at least 4 members (excludes halogenated alkanes) is 2. The molecule has 55 heavy (non-hydrogen) atoms. The molecule has 1 saturated carbocycles. The van der Waals surface area contributed by atoms with Gasteiger partial charge in [-0.25, -0.2) is 4.79 Å². The van der Waals surface area contributed by atoms with Crippen LogP contribution in [-0.4, -0.2) is 75.9 Å². The van der Waals surface area contributed by atoms with Gasteiger partial charge in [0.2, 0.25) is 5.79 Å². The Kier molecular flexibility index (Phi) is 12.9. The van der Waals surface area contributed by atoms with Crippen molar-refractivity contribution in [3.8, 4) is 11.5 Å². The van der Waals surface area contributed by atoms with Gasteiger partial charge in [-0.1, -0.05) is 72.6 Å². The van der Waals surface area contributed by atoms with Gasteiger partial charge in [0.05, 0.1) is 31.4 Å². The highest BCUT2D eigenvalue weighted by Crippen LogP contribution is 2.62.